The highest BCUT2D eigenvalue weighted by Crippen LogP contribution is 2.31. The van der Waals surface area contributed by atoms with Gasteiger partial charge in [0.05, 0.1) is 10.8 Å². The highest BCUT2D eigenvalue weighted by molar-refractivity contribution is 7.89. The van der Waals surface area contributed by atoms with Crippen LogP contribution in [0.2, 0.25) is 0 Å². The van der Waals surface area contributed by atoms with E-state index in [4.69, 9.17) is 5.73 Å². The second-order valence-corrected chi connectivity index (χ2v) is 8.70. The molecule has 0 spiro atoms. The Bertz CT molecular complexity index is 680. The molecular formula is C17H26ClN3O3S. The first kappa shape index (κ1) is 20.2. The van der Waals surface area contributed by atoms with E-state index in [0.29, 0.717) is 31.8 Å². The van der Waals surface area contributed by atoms with Gasteiger partial charge in [0.2, 0.25) is 15.9 Å². The summed E-state index contributed by atoms with van der Waals surface area (Å²) < 4.78 is 26.8. The molecule has 25 heavy (non-hydrogen) atoms. The van der Waals surface area contributed by atoms with Crippen molar-refractivity contribution in [2.45, 2.75) is 36.6 Å². The normalized spacial score (nSPS) is 22.7. The Morgan fingerprint density at radius 2 is 1.92 bits per heavy atom. The number of halogens is 1. The van der Waals surface area contributed by atoms with Gasteiger partial charge in [-0.1, -0.05) is 18.2 Å². The number of benzene rings is 1. The molecule has 2 atom stereocenters. The number of rotatable bonds is 6. The van der Waals surface area contributed by atoms with E-state index in [1.54, 1.807) is 30.3 Å². The molecule has 2 fully saturated rings. The molecule has 1 heterocycles. The predicted molar refractivity (Wildman–Crippen MR) is 98.9 cm³/mol. The topological polar surface area (TPSA) is 92.5 Å². The van der Waals surface area contributed by atoms with Crippen molar-refractivity contribution in [3.63, 3.8) is 0 Å². The highest BCUT2D eigenvalue weighted by atomic mass is 35.5. The zero-order chi connectivity index (χ0) is 17.2. The van der Waals surface area contributed by atoms with E-state index in [-0.39, 0.29) is 41.7 Å². The number of carbonyl (C=O) groups excluding carboxylic acids is 1. The van der Waals surface area contributed by atoms with Crippen LogP contribution >= 0.6 is 12.4 Å². The van der Waals surface area contributed by atoms with Crippen molar-refractivity contribution in [3.8, 4) is 0 Å². The van der Waals surface area contributed by atoms with Crippen LogP contribution in [0.1, 0.15) is 25.7 Å². The summed E-state index contributed by atoms with van der Waals surface area (Å²) in [6, 6.07) is 8.40. The lowest BCUT2D eigenvalue weighted by atomic mass is 9.98. The molecule has 1 saturated carbocycles. The molecule has 0 aromatic heterocycles. The number of hydrogen-bond donors (Lipinski definition) is 2. The number of nitrogens with two attached hydrogens (primary N) is 1. The molecule has 2 unspecified atom stereocenters. The average molecular weight is 388 g/mol. The Hall–Kier alpha value is -1.15. The Morgan fingerprint density at radius 1 is 1.24 bits per heavy atom. The van der Waals surface area contributed by atoms with Crippen LogP contribution in [0.4, 0.5) is 0 Å². The van der Waals surface area contributed by atoms with Gasteiger partial charge >= 0.3 is 0 Å². The quantitative estimate of drug-likeness (QED) is 0.770. The molecule has 3 N–H and O–H groups in total. The van der Waals surface area contributed by atoms with E-state index in [9.17, 15) is 13.2 Å². The van der Waals surface area contributed by atoms with E-state index in [0.717, 1.165) is 12.8 Å². The summed E-state index contributed by atoms with van der Waals surface area (Å²) in [5, 5.41) is 2.90. The van der Waals surface area contributed by atoms with Gasteiger partial charge in [0, 0.05) is 25.7 Å². The van der Waals surface area contributed by atoms with Gasteiger partial charge in [0.1, 0.15) is 0 Å². The van der Waals surface area contributed by atoms with E-state index in [2.05, 4.69) is 5.32 Å². The Balaban J connectivity index is 0.00000225. The molecule has 1 aliphatic heterocycles. The van der Waals surface area contributed by atoms with Gasteiger partial charge in [0.25, 0.3) is 0 Å². The minimum atomic E-state index is -3.53. The molecule has 3 rings (SSSR count). The predicted octanol–water partition coefficient (Wildman–Crippen LogP) is 1.36. The van der Waals surface area contributed by atoms with Crippen molar-refractivity contribution in [3.05, 3.63) is 30.3 Å². The lowest BCUT2D eigenvalue weighted by Crippen LogP contribution is -2.47. The minimum absolute atomic E-state index is 0. The number of hydrogen-bond acceptors (Lipinski definition) is 4. The van der Waals surface area contributed by atoms with Gasteiger partial charge in [-0.3, -0.25) is 4.79 Å². The zero-order valence-electron chi connectivity index (χ0n) is 14.1. The maximum absolute atomic E-state index is 12.7. The van der Waals surface area contributed by atoms with Crippen LogP contribution in [0.15, 0.2) is 35.2 Å². The lowest BCUT2D eigenvalue weighted by Gasteiger charge is -2.31. The van der Waals surface area contributed by atoms with Crippen LogP contribution < -0.4 is 11.1 Å². The lowest BCUT2D eigenvalue weighted by molar-refractivity contribution is -0.126. The van der Waals surface area contributed by atoms with Crippen molar-refractivity contribution in [2.75, 3.05) is 19.6 Å². The summed E-state index contributed by atoms with van der Waals surface area (Å²) in [5.74, 6) is 0.148. The molecule has 1 aliphatic carbocycles. The summed E-state index contributed by atoms with van der Waals surface area (Å²) in [4.78, 5) is 12.6. The number of amides is 1. The first-order chi connectivity index (χ1) is 11.5. The fourth-order valence-corrected chi connectivity index (χ4v) is 4.71. The molecule has 1 aromatic carbocycles. The van der Waals surface area contributed by atoms with E-state index in [1.807, 2.05) is 0 Å². The zero-order valence-corrected chi connectivity index (χ0v) is 15.8. The van der Waals surface area contributed by atoms with Crippen molar-refractivity contribution >= 4 is 28.3 Å². The Morgan fingerprint density at radius 3 is 2.56 bits per heavy atom. The van der Waals surface area contributed by atoms with Crippen molar-refractivity contribution in [2.24, 2.45) is 17.6 Å². The molecule has 1 saturated heterocycles. The number of nitrogens with zero attached hydrogens (tertiary/aromatic N) is 1. The molecule has 140 valence electrons. The van der Waals surface area contributed by atoms with E-state index in [1.165, 1.54) is 4.31 Å². The van der Waals surface area contributed by atoms with Gasteiger partial charge in [-0.05, 0) is 43.7 Å². The van der Waals surface area contributed by atoms with Gasteiger partial charge in [-0.15, -0.1) is 12.4 Å². The van der Waals surface area contributed by atoms with Crippen molar-refractivity contribution in [1.82, 2.24) is 9.62 Å². The minimum Gasteiger partial charge on any atom is -0.354 e. The molecule has 1 amide bonds. The highest BCUT2D eigenvalue weighted by Gasteiger charge is 2.34. The number of carbonyl (C=O) groups is 1. The second-order valence-electron chi connectivity index (χ2n) is 6.76. The number of piperidine rings is 1. The van der Waals surface area contributed by atoms with Gasteiger partial charge in [-0.2, -0.15) is 4.31 Å². The molecule has 1 aromatic rings. The van der Waals surface area contributed by atoms with Gasteiger partial charge < -0.3 is 11.1 Å². The van der Waals surface area contributed by atoms with E-state index >= 15 is 0 Å². The fraction of sp³-hybridized carbons (Fsp3) is 0.588. The largest absolute Gasteiger partial charge is 0.354 e. The summed E-state index contributed by atoms with van der Waals surface area (Å²) in [5.41, 5.74) is 6.01. The van der Waals surface area contributed by atoms with Crippen LogP contribution in [0.3, 0.4) is 0 Å². The SMILES string of the molecule is Cl.NC(CNC(=O)C1CCCN(S(=O)(=O)c2ccccc2)C1)C1CC1. The van der Waals surface area contributed by atoms with Crippen LogP contribution in [0.25, 0.3) is 0 Å². The average Bonchev–Trinajstić information content (AvgIpc) is 3.45. The van der Waals surface area contributed by atoms with Crippen molar-refractivity contribution < 1.29 is 13.2 Å². The smallest absolute Gasteiger partial charge is 0.243 e. The first-order valence-electron chi connectivity index (χ1n) is 8.57. The van der Waals surface area contributed by atoms with Crippen LogP contribution in [0, 0.1) is 11.8 Å². The Labute approximate surface area is 155 Å². The maximum atomic E-state index is 12.7. The van der Waals surface area contributed by atoms with Crippen LogP contribution in [-0.4, -0.2) is 44.3 Å². The monoisotopic (exact) mass is 387 g/mol. The second kappa shape index (κ2) is 8.49. The third-order valence-electron chi connectivity index (χ3n) is 4.88. The molecule has 0 radical (unpaired) electrons. The number of nitrogens with one attached hydrogen (secondary N) is 1. The summed E-state index contributed by atoms with van der Waals surface area (Å²) >= 11 is 0. The first-order valence-corrected chi connectivity index (χ1v) is 10.0. The van der Waals surface area contributed by atoms with Crippen LogP contribution in [-0.2, 0) is 14.8 Å². The summed E-state index contributed by atoms with van der Waals surface area (Å²) in [6.45, 7) is 1.18. The third-order valence-corrected chi connectivity index (χ3v) is 6.75. The molecule has 2 aliphatic rings. The third kappa shape index (κ3) is 4.94. The standard InChI is InChI=1S/C17H25N3O3S.ClH/c18-16(13-8-9-13)11-19-17(21)14-5-4-10-20(12-14)24(22,23)15-6-2-1-3-7-15;/h1-3,6-7,13-14,16H,4-5,8-12,18H2,(H,19,21);1H. The van der Waals surface area contributed by atoms with Gasteiger partial charge in [0.15, 0.2) is 0 Å². The molecule has 8 heteroatoms. The summed E-state index contributed by atoms with van der Waals surface area (Å²) in [7, 11) is -3.53. The number of sulfonamides is 1. The molecular weight excluding hydrogens is 362 g/mol. The van der Waals surface area contributed by atoms with Crippen molar-refractivity contribution in [1.29, 1.82) is 0 Å². The fourth-order valence-electron chi connectivity index (χ4n) is 3.17. The van der Waals surface area contributed by atoms with Gasteiger partial charge in [-0.25, -0.2) is 8.42 Å². The molecule has 0 bridgehead atoms. The Kier molecular flexibility index (Phi) is 6.85. The van der Waals surface area contributed by atoms with E-state index < -0.39 is 10.0 Å². The molecule has 6 nitrogen and oxygen atoms in total. The maximum Gasteiger partial charge on any atom is 0.243 e. The summed E-state index contributed by atoms with van der Waals surface area (Å²) in [6.07, 6.45) is 3.69. The van der Waals surface area contributed by atoms with Crippen LogP contribution in [0.5, 0.6) is 0 Å².